The average Bonchev–Trinajstić information content (AvgIpc) is 2.84. The van der Waals surface area contributed by atoms with Crippen molar-refractivity contribution in [3.8, 4) is 0 Å². The molecule has 1 atom stereocenters. The summed E-state index contributed by atoms with van der Waals surface area (Å²) in [5.74, 6) is 0.175. The van der Waals surface area contributed by atoms with Gasteiger partial charge in [-0.15, -0.1) is 0 Å². The van der Waals surface area contributed by atoms with Gasteiger partial charge in [0.2, 0.25) is 0 Å². The summed E-state index contributed by atoms with van der Waals surface area (Å²) in [4.78, 5) is 20.4. The molecule has 3 aromatic carbocycles. The second kappa shape index (κ2) is 8.72. The third kappa shape index (κ3) is 4.17. The van der Waals surface area contributed by atoms with E-state index in [9.17, 15) is 4.79 Å². The number of piperazine rings is 1. The molecule has 0 spiro atoms. The zero-order valence-electron chi connectivity index (χ0n) is 18.3. The summed E-state index contributed by atoms with van der Waals surface area (Å²) in [7, 11) is 0. The van der Waals surface area contributed by atoms with Crippen molar-refractivity contribution >= 4 is 22.4 Å². The Bertz CT molecular complexity index is 1070. The number of aryl methyl sites for hydroxylation is 1. The van der Waals surface area contributed by atoms with Gasteiger partial charge in [0.15, 0.2) is 0 Å². The Kier molecular flexibility index (Phi) is 5.65. The summed E-state index contributed by atoms with van der Waals surface area (Å²) in [6.45, 7) is 8.15. The first-order chi connectivity index (χ1) is 15.2. The summed E-state index contributed by atoms with van der Waals surface area (Å²) in [6, 6.07) is 23.5. The standard InChI is InChI=1S/C27H31N3O/c1-21-7-2-5-11-26(21)29-17-15-28(16-18-29)25-10-6-14-30(20-25)27(31)24-13-12-22-8-3-4-9-23(22)19-24/h2-5,7-9,11-13,19,25H,6,10,14-18,20H2,1H3/t25-/m1/s1. The summed E-state index contributed by atoms with van der Waals surface area (Å²) in [5.41, 5.74) is 3.52. The monoisotopic (exact) mass is 413 g/mol. The lowest BCUT2D eigenvalue weighted by atomic mass is 10.0. The van der Waals surface area contributed by atoms with Crippen LogP contribution in [0.5, 0.6) is 0 Å². The Labute approximate surface area is 185 Å². The van der Waals surface area contributed by atoms with Crippen LogP contribution in [-0.2, 0) is 0 Å². The van der Waals surface area contributed by atoms with Crippen LogP contribution in [0.3, 0.4) is 0 Å². The van der Waals surface area contributed by atoms with Crippen molar-refractivity contribution < 1.29 is 4.79 Å². The van der Waals surface area contributed by atoms with E-state index in [1.165, 1.54) is 23.1 Å². The molecular weight excluding hydrogens is 382 g/mol. The molecule has 0 bridgehead atoms. The van der Waals surface area contributed by atoms with Crippen molar-refractivity contribution in [2.24, 2.45) is 0 Å². The van der Waals surface area contributed by atoms with Gasteiger partial charge in [-0.05, 0) is 54.3 Å². The summed E-state index contributed by atoms with van der Waals surface area (Å²) >= 11 is 0. The Hall–Kier alpha value is -2.85. The van der Waals surface area contributed by atoms with Gasteiger partial charge in [0, 0.05) is 56.6 Å². The predicted molar refractivity (Wildman–Crippen MR) is 128 cm³/mol. The van der Waals surface area contributed by atoms with Gasteiger partial charge in [0.05, 0.1) is 0 Å². The van der Waals surface area contributed by atoms with Crippen LogP contribution in [0, 0.1) is 6.92 Å². The highest BCUT2D eigenvalue weighted by atomic mass is 16.2. The second-order valence-corrected chi connectivity index (χ2v) is 8.92. The van der Waals surface area contributed by atoms with Gasteiger partial charge in [-0.25, -0.2) is 0 Å². The maximum absolute atomic E-state index is 13.2. The zero-order chi connectivity index (χ0) is 21.2. The number of nitrogens with zero attached hydrogens (tertiary/aromatic N) is 3. The van der Waals surface area contributed by atoms with Crippen molar-refractivity contribution in [3.05, 3.63) is 77.9 Å². The molecule has 2 aliphatic heterocycles. The summed E-state index contributed by atoms with van der Waals surface area (Å²) in [6.07, 6.45) is 2.27. The minimum atomic E-state index is 0.175. The first-order valence-corrected chi connectivity index (χ1v) is 11.5. The quantitative estimate of drug-likeness (QED) is 0.629. The van der Waals surface area contributed by atoms with Crippen LogP contribution < -0.4 is 4.90 Å². The molecule has 4 heteroatoms. The number of hydrogen-bond acceptors (Lipinski definition) is 3. The van der Waals surface area contributed by atoms with Gasteiger partial charge < -0.3 is 9.80 Å². The molecule has 0 aromatic heterocycles. The maximum atomic E-state index is 13.2. The highest BCUT2D eigenvalue weighted by Crippen LogP contribution is 2.24. The van der Waals surface area contributed by atoms with E-state index in [1.54, 1.807) is 0 Å². The smallest absolute Gasteiger partial charge is 0.253 e. The number of fused-ring (bicyclic) bond motifs is 1. The molecule has 0 radical (unpaired) electrons. The Balaban J connectivity index is 1.23. The van der Waals surface area contributed by atoms with E-state index < -0.39 is 0 Å². The van der Waals surface area contributed by atoms with Crippen LogP contribution in [0.2, 0.25) is 0 Å². The molecule has 1 amide bonds. The fraction of sp³-hybridized carbons (Fsp3) is 0.370. The molecule has 0 aliphatic carbocycles. The van der Waals surface area contributed by atoms with Crippen LogP contribution in [-0.4, -0.2) is 61.0 Å². The molecule has 2 heterocycles. The topological polar surface area (TPSA) is 26.8 Å². The van der Waals surface area contributed by atoms with Crippen LogP contribution in [0.4, 0.5) is 5.69 Å². The van der Waals surface area contributed by atoms with E-state index in [0.29, 0.717) is 6.04 Å². The van der Waals surface area contributed by atoms with Gasteiger partial charge in [-0.1, -0.05) is 48.5 Å². The maximum Gasteiger partial charge on any atom is 0.253 e. The molecule has 0 N–H and O–H groups in total. The van der Waals surface area contributed by atoms with E-state index >= 15 is 0 Å². The van der Waals surface area contributed by atoms with Crippen molar-refractivity contribution in [1.29, 1.82) is 0 Å². The third-order valence-corrected chi connectivity index (χ3v) is 6.97. The molecule has 0 unspecified atom stereocenters. The Morgan fingerprint density at radius 3 is 2.39 bits per heavy atom. The van der Waals surface area contributed by atoms with Gasteiger partial charge in [0.25, 0.3) is 5.91 Å². The Morgan fingerprint density at radius 2 is 1.58 bits per heavy atom. The van der Waals surface area contributed by atoms with E-state index in [0.717, 1.165) is 56.6 Å². The number of hydrogen-bond donors (Lipinski definition) is 0. The van der Waals surface area contributed by atoms with Crippen molar-refractivity contribution in [2.75, 3.05) is 44.2 Å². The van der Waals surface area contributed by atoms with Crippen LogP contribution in [0.15, 0.2) is 66.7 Å². The number of anilines is 1. The molecule has 2 aliphatic rings. The number of carbonyl (C=O) groups is 1. The lowest BCUT2D eigenvalue weighted by molar-refractivity contribution is 0.0563. The number of para-hydroxylation sites is 1. The summed E-state index contributed by atoms with van der Waals surface area (Å²) < 4.78 is 0. The predicted octanol–water partition coefficient (Wildman–Crippen LogP) is 4.58. The molecule has 2 fully saturated rings. The fourth-order valence-electron chi connectivity index (χ4n) is 5.19. The number of benzene rings is 3. The van der Waals surface area contributed by atoms with E-state index in [-0.39, 0.29) is 5.91 Å². The highest BCUT2D eigenvalue weighted by molar-refractivity contribution is 5.98. The normalized spacial score (nSPS) is 20.2. The molecular formula is C27H31N3O. The van der Waals surface area contributed by atoms with Crippen LogP contribution in [0.25, 0.3) is 10.8 Å². The van der Waals surface area contributed by atoms with Crippen LogP contribution >= 0.6 is 0 Å². The van der Waals surface area contributed by atoms with Crippen molar-refractivity contribution in [1.82, 2.24) is 9.80 Å². The van der Waals surface area contributed by atoms with E-state index in [1.807, 2.05) is 24.3 Å². The number of carbonyl (C=O) groups excluding carboxylic acids is 1. The second-order valence-electron chi connectivity index (χ2n) is 8.92. The first-order valence-electron chi connectivity index (χ1n) is 11.5. The molecule has 160 valence electrons. The van der Waals surface area contributed by atoms with Crippen molar-refractivity contribution in [2.45, 2.75) is 25.8 Å². The Morgan fingerprint density at radius 1 is 0.839 bits per heavy atom. The average molecular weight is 414 g/mol. The summed E-state index contributed by atoms with van der Waals surface area (Å²) in [5, 5.41) is 2.32. The van der Waals surface area contributed by atoms with Crippen LogP contribution in [0.1, 0.15) is 28.8 Å². The van der Waals surface area contributed by atoms with E-state index in [4.69, 9.17) is 0 Å². The van der Waals surface area contributed by atoms with Gasteiger partial charge >= 0.3 is 0 Å². The SMILES string of the molecule is Cc1ccccc1N1CCN([C@@H]2CCCN(C(=O)c3ccc4ccccc4c3)C2)CC1. The lowest BCUT2D eigenvalue weighted by Crippen LogP contribution is -2.56. The van der Waals surface area contributed by atoms with E-state index in [2.05, 4.69) is 64.1 Å². The largest absolute Gasteiger partial charge is 0.369 e. The highest BCUT2D eigenvalue weighted by Gasteiger charge is 2.30. The minimum absolute atomic E-state index is 0.175. The molecule has 4 nitrogen and oxygen atoms in total. The molecule has 3 aromatic rings. The van der Waals surface area contributed by atoms with Crippen molar-refractivity contribution in [3.63, 3.8) is 0 Å². The number of piperidine rings is 1. The first kappa shape index (κ1) is 20.1. The van der Waals surface area contributed by atoms with Gasteiger partial charge in [-0.2, -0.15) is 0 Å². The number of likely N-dealkylation sites (tertiary alicyclic amines) is 1. The lowest BCUT2D eigenvalue weighted by Gasteiger charge is -2.44. The van der Waals surface area contributed by atoms with Gasteiger partial charge in [-0.3, -0.25) is 9.69 Å². The minimum Gasteiger partial charge on any atom is -0.369 e. The zero-order valence-corrected chi connectivity index (χ0v) is 18.3. The molecule has 5 rings (SSSR count). The van der Waals surface area contributed by atoms with Gasteiger partial charge in [0.1, 0.15) is 0 Å². The number of rotatable bonds is 3. The number of amides is 1. The fourth-order valence-corrected chi connectivity index (χ4v) is 5.19. The molecule has 0 saturated carbocycles. The molecule has 2 saturated heterocycles. The molecule has 31 heavy (non-hydrogen) atoms. The third-order valence-electron chi connectivity index (χ3n) is 6.97.